The van der Waals surface area contributed by atoms with Crippen LogP contribution in [0.15, 0.2) is 28.9 Å². The minimum Gasteiger partial charge on any atom is -0.497 e. The van der Waals surface area contributed by atoms with Gasteiger partial charge in [-0.1, -0.05) is 0 Å². The number of amides is 2. The summed E-state index contributed by atoms with van der Waals surface area (Å²) in [5.74, 6) is 0.712. The van der Waals surface area contributed by atoms with Gasteiger partial charge in [0.1, 0.15) is 11.4 Å². The SMILES string of the molecule is CCn1ncc(CNC(=O)Nc2ccc(OC)cc2Br)n1. The van der Waals surface area contributed by atoms with Gasteiger partial charge in [0.15, 0.2) is 0 Å². The molecule has 2 amide bonds. The predicted octanol–water partition coefficient (Wildman–Crippen LogP) is 2.39. The first-order chi connectivity index (χ1) is 10.1. The second kappa shape index (κ2) is 7.07. The minimum atomic E-state index is -0.313. The number of nitrogens with zero attached hydrogens (tertiary/aromatic N) is 3. The molecular weight excluding hydrogens is 338 g/mol. The van der Waals surface area contributed by atoms with Crippen molar-refractivity contribution in [1.82, 2.24) is 20.3 Å². The Morgan fingerprint density at radius 1 is 1.48 bits per heavy atom. The molecule has 2 N–H and O–H groups in total. The number of anilines is 1. The van der Waals surface area contributed by atoms with Crippen LogP contribution in [0, 0.1) is 0 Å². The van der Waals surface area contributed by atoms with E-state index in [9.17, 15) is 4.79 Å². The van der Waals surface area contributed by atoms with Crippen LogP contribution in [0.4, 0.5) is 10.5 Å². The molecule has 8 heteroatoms. The van der Waals surface area contributed by atoms with Crippen molar-refractivity contribution in [1.29, 1.82) is 0 Å². The van der Waals surface area contributed by atoms with Crippen LogP contribution in [-0.2, 0) is 13.1 Å². The van der Waals surface area contributed by atoms with Gasteiger partial charge in [-0.15, -0.1) is 0 Å². The van der Waals surface area contributed by atoms with Crippen molar-refractivity contribution < 1.29 is 9.53 Å². The summed E-state index contributed by atoms with van der Waals surface area (Å²) in [6.45, 7) is 2.97. The Morgan fingerprint density at radius 2 is 2.29 bits per heavy atom. The summed E-state index contributed by atoms with van der Waals surface area (Å²) in [5, 5.41) is 13.7. The highest BCUT2D eigenvalue weighted by Crippen LogP contribution is 2.26. The molecule has 0 spiro atoms. The van der Waals surface area contributed by atoms with Crippen molar-refractivity contribution in [2.45, 2.75) is 20.0 Å². The Hall–Kier alpha value is -2.09. The largest absolute Gasteiger partial charge is 0.497 e. The number of hydrogen-bond donors (Lipinski definition) is 2. The Labute approximate surface area is 130 Å². The number of rotatable bonds is 5. The number of hydrogen-bond acceptors (Lipinski definition) is 4. The number of nitrogens with one attached hydrogen (secondary N) is 2. The molecule has 0 radical (unpaired) electrons. The lowest BCUT2D eigenvalue weighted by atomic mass is 10.3. The average Bonchev–Trinajstić information content (AvgIpc) is 2.95. The topological polar surface area (TPSA) is 81.1 Å². The van der Waals surface area contributed by atoms with Gasteiger partial charge < -0.3 is 15.4 Å². The molecule has 0 saturated carbocycles. The van der Waals surface area contributed by atoms with Crippen LogP contribution >= 0.6 is 15.9 Å². The summed E-state index contributed by atoms with van der Waals surface area (Å²) >= 11 is 3.38. The molecule has 1 heterocycles. The summed E-state index contributed by atoms with van der Waals surface area (Å²) in [6.07, 6.45) is 1.63. The first-order valence-corrected chi connectivity index (χ1v) is 7.19. The molecule has 21 heavy (non-hydrogen) atoms. The maximum Gasteiger partial charge on any atom is 0.319 e. The highest BCUT2D eigenvalue weighted by atomic mass is 79.9. The van der Waals surface area contributed by atoms with Gasteiger partial charge in [-0.05, 0) is 41.1 Å². The highest BCUT2D eigenvalue weighted by molar-refractivity contribution is 9.10. The van der Waals surface area contributed by atoms with Gasteiger partial charge in [0.25, 0.3) is 0 Å². The molecule has 0 aliphatic carbocycles. The zero-order chi connectivity index (χ0) is 15.2. The van der Waals surface area contributed by atoms with Crippen LogP contribution < -0.4 is 15.4 Å². The molecule has 0 bridgehead atoms. The number of aryl methyl sites for hydroxylation is 1. The number of halogens is 1. The maximum absolute atomic E-state index is 11.8. The third-order valence-electron chi connectivity index (χ3n) is 2.72. The summed E-state index contributed by atoms with van der Waals surface area (Å²) in [4.78, 5) is 13.4. The molecule has 0 saturated heterocycles. The van der Waals surface area contributed by atoms with Gasteiger partial charge in [0, 0.05) is 4.47 Å². The maximum atomic E-state index is 11.8. The fraction of sp³-hybridized carbons (Fsp3) is 0.308. The van der Waals surface area contributed by atoms with Crippen molar-refractivity contribution in [3.05, 3.63) is 34.6 Å². The number of benzene rings is 1. The van der Waals surface area contributed by atoms with Crippen LogP contribution in [0.3, 0.4) is 0 Å². The highest BCUT2D eigenvalue weighted by Gasteiger charge is 2.07. The zero-order valence-corrected chi connectivity index (χ0v) is 13.3. The molecular formula is C13H16BrN5O2. The monoisotopic (exact) mass is 353 g/mol. The number of ether oxygens (including phenoxy) is 1. The van der Waals surface area contributed by atoms with Crippen molar-refractivity contribution in [2.75, 3.05) is 12.4 Å². The van der Waals surface area contributed by atoms with E-state index < -0.39 is 0 Å². The van der Waals surface area contributed by atoms with E-state index in [-0.39, 0.29) is 6.03 Å². The van der Waals surface area contributed by atoms with E-state index in [0.29, 0.717) is 30.2 Å². The van der Waals surface area contributed by atoms with E-state index in [2.05, 4.69) is 36.8 Å². The molecule has 0 unspecified atom stereocenters. The standard InChI is InChI=1S/C13H16BrN5O2/c1-3-19-16-8-9(18-19)7-15-13(20)17-12-5-4-10(21-2)6-11(12)14/h4-6,8H,3,7H2,1-2H3,(H2,15,17,20). The van der Waals surface area contributed by atoms with Crippen molar-refractivity contribution >= 4 is 27.6 Å². The Kier molecular flexibility index (Phi) is 5.15. The summed E-state index contributed by atoms with van der Waals surface area (Å²) in [6, 6.07) is 5.00. The third kappa shape index (κ3) is 4.19. The van der Waals surface area contributed by atoms with Crippen LogP contribution in [0.5, 0.6) is 5.75 Å². The number of methoxy groups -OCH3 is 1. The normalized spacial score (nSPS) is 10.2. The van der Waals surface area contributed by atoms with E-state index >= 15 is 0 Å². The van der Waals surface area contributed by atoms with E-state index in [0.717, 1.165) is 4.47 Å². The summed E-state index contributed by atoms with van der Waals surface area (Å²) in [7, 11) is 1.59. The molecule has 7 nitrogen and oxygen atoms in total. The predicted molar refractivity (Wildman–Crippen MR) is 82.2 cm³/mol. The second-order valence-electron chi connectivity index (χ2n) is 4.18. The van der Waals surface area contributed by atoms with Gasteiger partial charge in [-0.2, -0.15) is 15.0 Å². The van der Waals surface area contributed by atoms with E-state index in [1.165, 1.54) is 0 Å². The van der Waals surface area contributed by atoms with Crippen LogP contribution in [-0.4, -0.2) is 28.1 Å². The van der Waals surface area contributed by atoms with Gasteiger partial charge in [0.2, 0.25) is 0 Å². The molecule has 0 aliphatic heterocycles. The Balaban J connectivity index is 1.89. The number of carbonyl (C=O) groups is 1. The zero-order valence-electron chi connectivity index (χ0n) is 11.8. The fourth-order valence-corrected chi connectivity index (χ4v) is 2.08. The van der Waals surface area contributed by atoms with Crippen LogP contribution in [0.25, 0.3) is 0 Å². The molecule has 112 valence electrons. The lowest BCUT2D eigenvalue weighted by molar-refractivity contribution is 0.251. The molecule has 2 rings (SSSR count). The number of carbonyl (C=O) groups excluding carboxylic acids is 1. The van der Waals surface area contributed by atoms with Crippen molar-refractivity contribution in [2.24, 2.45) is 0 Å². The minimum absolute atomic E-state index is 0.313. The first-order valence-electron chi connectivity index (χ1n) is 6.39. The molecule has 0 aliphatic rings. The van der Waals surface area contributed by atoms with Gasteiger partial charge in [-0.25, -0.2) is 4.79 Å². The van der Waals surface area contributed by atoms with E-state index in [1.807, 2.05) is 6.92 Å². The van der Waals surface area contributed by atoms with Crippen LogP contribution in [0.1, 0.15) is 12.6 Å². The molecule has 1 aromatic heterocycles. The molecule has 2 aromatic rings. The molecule has 1 aromatic carbocycles. The quantitative estimate of drug-likeness (QED) is 0.864. The third-order valence-corrected chi connectivity index (χ3v) is 3.38. The summed E-state index contributed by atoms with van der Waals surface area (Å²) in [5.41, 5.74) is 1.37. The van der Waals surface area contributed by atoms with Crippen molar-refractivity contribution in [3.8, 4) is 5.75 Å². The van der Waals surface area contributed by atoms with Gasteiger partial charge in [-0.3, -0.25) is 0 Å². The van der Waals surface area contributed by atoms with Crippen molar-refractivity contribution in [3.63, 3.8) is 0 Å². The lowest BCUT2D eigenvalue weighted by Crippen LogP contribution is -2.28. The molecule has 0 fully saturated rings. The summed E-state index contributed by atoms with van der Waals surface area (Å²) < 4.78 is 5.84. The molecule has 0 atom stereocenters. The second-order valence-corrected chi connectivity index (χ2v) is 5.03. The average molecular weight is 354 g/mol. The van der Waals surface area contributed by atoms with Gasteiger partial charge in [0.05, 0.1) is 32.1 Å². The fourth-order valence-electron chi connectivity index (χ4n) is 1.63. The van der Waals surface area contributed by atoms with Gasteiger partial charge >= 0.3 is 6.03 Å². The number of aromatic nitrogens is 3. The van der Waals surface area contributed by atoms with Crippen LogP contribution in [0.2, 0.25) is 0 Å². The van der Waals surface area contributed by atoms with E-state index in [4.69, 9.17) is 4.74 Å². The first kappa shape index (κ1) is 15.3. The Bertz CT molecular complexity index is 629. The van der Waals surface area contributed by atoms with E-state index in [1.54, 1.807) is 36.3 Å². The smallest absolute Gasteiger partial charge is 0.319 e. The Morgan fingerprint density at radius 3 is 2.90 bits per heavy atom. The lowest BCUT2D eigenvalue weighted by Gasteiger charge is -2.09. The number of urea groups is 1.